The van der Waals surface area contributed by atoms with Crippen molar-refractivity contribution in [1.82, 2.24) is 15.1 Å². The Labute approximate surface area is 125 Å². The summed E-state index contributed by atoms with van der Waals surface area (Å²) < 4.78 is 3.26. The van der Waals surface area contributed by atoms with E-state index in [-0.39, 0.29) is 0 Å². The van der Waals surface area contributed by atoms with Crippen molar-refractivity contribution in [2.24, 2.45) is 5.92 Å². The maximum Gasteiger partial charge on any atom is 0.124 e. The van der Waals surface area contributed by atoms with Gasteiger partial charge in [0.15, 0.2) is 0 Å². The van der Waals surface area contributed by atoms with Crippen LogP contribution in [0.15, 0.2) is 28.2 Å². The molecule has 0 spiro atoms. The number of halogens is 1. The van der Waals surface area contributed by atoms with Crippen LogP contribution in [0.25, 0.3) is 0 Å². The standard InChI is InChI=1S/C13H17BrN4S/c14-12-2-1-11(19-12)3-5-15-7-10-8-16-13-4-6-17-18(13)9-10/h1-2,4,6,10,15-16H,3,5,7-9H2/t10-/m1/s1. The summed E-state index contributed by atoms with van der Waals surface area (Å²) in [5.74, 6) is 1.75. The molecule has 4 nitrogen and oxygen atoms in total. The average molecular weight is 341 g/mol. The molecule has 0 aromatic carbocycles. The Morgan fingerprint density at radius 2 is 2.42 bits per heavy atom. The summed E-state index contributed by atoms with van der Waals surface area (Å²) in [5.41, 5.74) is 0. The van der Waals surface area contributed by atoms with Crippen molar-refractivity contribution in [3.05, 3.63) is 33.1 Å². The molecule has 0 fully saturated rings. The molecule has 0 radical (unpaired) electrons. The number of aromatic nitrogens is 2. The van der Waals surface area contributed by atoms with E-state index >= 15 is 0 Å². The highest BCUT2D eigenvalue weighted by Crippen LogP contribution is 2.22. The maximum atomic E-state index is 4.31. The molecule has 6 heteroatoms. The number of rotatable bonds is 5. The van der Waals surface area contributed by atoms with Gasteiger partial charge in [-0.2, -0.15) is 5.10 Å². The summed E-state index contributed by atoms with van der Waals surface area (Å²) in [5, 5.41) is 11.3. The molecule has 3 heterocycles. The van der Waals surface area contributed by atoms with Gasteiger partial charge in [-0.3, -0.25) is 0 Å². The molecule has 0 saturated carbocycles. The summed E-state index contributed by atoms with van der Waals surface area (Å²) in [4.78, 5) is 1.43. The van der Waals surface area contributed by atoms with E-state index in [1.807, 2.05) is 28.3 Å². The third kappa shape index (κ3) is 3.38. The Balaban J connectivity index is 1.39. The van der Waals surface area contributed by atoms with Gasteiger partial charge < -0.3 is 10.6 Å². The normalized spacial score (nSPS) is 18.1. The van der Waals surface area contributed by atoms with Crippen molar-refractivity contribution in [1.29, 1.82) is 0 Å². The highest BCUT2D eigenvalue weighted by molar-refractivity contribution is 9.11. The van der Waals surface area contributed by atoms with Crippen LogP contribution in [0.5, 0.6) is 0 Å². The first-order chi connectivity index (χ1) is 9.31. The molecule has 2 N–H and O–H groups in total. The van der Waals surface area contributed by atoms with Gasteiger partial charge in [0.25, 0.3) is 0 Å². The maximum absolute atomic E-state index is 4.31. The van der Waals surface area contributed by atoms with Crippen LogP contribution in [-0.4, -0.2) is 29.4 Å². The third-order valence-corrected chi connectivity index (χ3v) is 5.01. The Morgan fingerprint density at radius 3 is 3.26 bits per heavy atom. The lowest BCUT2D eigenvalue weighted by Gasteiger charge is -2.25. The topological polar surface area (TPSA) is 41.9 Å². The number of thiophene rings is 1. The molecule has 19 heavy (non-hydrogen) atoms. The van der Waals surface area contributed by atoms with Gasteiger partial charge in [-0.25, -0.2) is 4.68 Å². The zero-order valence-corrected chi connectivity index (χ0v) is 13.0. The fourth-order valence-corrected chi connectivity index (χ4v) is 3.81. The minimum absolute atomic E-state index is 0.613. The predicted octanol–water partition coefficient (Wildman–Crippen LogP) is 2.58. The van der Waals surface area contributed by atoms with Gasteiger partial charge in [-0.15, -0.1) is 11.3 Å². The molecular formula is C13H17BrN4S. The second kappa shape index (κ2) is 6.07. The number of fused-ring (bicyclic) bond motifs is 1. The van der Waals surface area contributed by atoms with Crippen LogP contribution in [-0.2, 0) is 13.0 Å². The first kappa shape index (κ1) is 13.1. The molecule has 102 valence electrons. The largest absolute Gasteiger partial charge is 0.370 e. The molecule has 1 aliphatic heterocycles. The molecule has 3 rings (SSSR count). The van der Waals surface area contributed by atoms with E-state index in [1.165, 1.54) is 8.66 Å². The lowest BCUT2D eigenvalue weighted by Crippen LogP contribution is -2.35. The van der Waals surface area contributed by atoms with Gasteiger partial charge in [0, 0.05) is 36.5 Å². The molecule has 0 saturated heterocycles. The van der Waals surface area contributed by atoms with E-state index in [1.54, 1.807) is 0 Å². The van der Waals surface area contributed by atoms with E-state index in [0.717, 1.165) is 38.4 Å². The number of anilines is 1. The smallest absolute Gasteiger partial charge is 0.124 e. The Bertz CT molecular complexity index is 536. The molecular weight excluding hydrogens is 324 g/mol. The highest BCUT2D eigenvalue weighted by atomic mass is 79.9. The van der Waals surface area contributed by atoms with Gasteiger partial charge in [-0.05, 0) is 41.0 Å². The van der Waals surface area contributed by atoms with Gasteiger partial charge in [0.1, 0.15) is 5.82 Å². The fourth-order valence-electron chi connectivity index (χ4n) is 2.33. The second-order valence-corrected chi connectivity index (χ2v) is 7.35. The third-order valence-electron chi connectivity index (χ3n) is 3.33. The lowest BCUT2D eigenvalue weighted by atomic mass is 10.1. The van der Waals surface area contributed by atoms with Crippen LogP contribution in [0, 0.1) is 5.92 Å². The molecule has 0 unspecified atom stereocenters. The molecule has 0 amide bonds. The SMILES string of the molecule is Brc1ccc(CCNC[C@@H]2CNc3ccnn3C2)s1. The Hall–Kier alpha value is -0.850. The average Bonchev–Trinajstić information content (AvgIpc) is 3.03. The molecule has 2 aromatic rings. The summed E-state index contributed by atoms with van der Waals surface area (Å²) in [7, 11) is 0. The highest BCUT2D eigenvalue weighted by Gasteiger charge is 2.17. The molecule has 0 aliphatic carbocycles. The van der Waals surface area contributed by atoms with E-state index < -0.39 is 0 Å². The van der Waals surface area contributed by atoms with E-state index in [0.29, 0.717) is 5.92 Å². The monoisotopic (exact) mass is 340 g/mol. The van der Waals surface area contributed by atoms with Gasteiger partial charge in [-0.1, -0.05) is 0 Å². The number of hydrogen-bond acceptors (Lipinski definition) is 4. The van der Waals surface area contributed by atoms with Crippen LogP contribution in [0.2, 0.25) is 0 Å². The summed E-state index contributed by atoms with van der Waals surface area (Å²) in [6, 6.07) is 6.33. The van der Waals surface area contributed by atoms with Gasteiger partial charge in [0.2, 0.25) is 0 Å². The van der Waals surface area contributed by atoms with Crippen molar-refractivity contribution >= 4 is 33.1 Å². The van der Waals surface area contributed by atoms with Crippen LogP contribution < -0.4 is 10.6 Å². The van der Waals surface area contributed by atoms with E-state index in [9.17, 15) is 0 Å². The number of hydrogen-bond donors (Lipinski definition) is 2. The number of nitrogens with one attached hydrogen (secondary N) is 2. The van der Waals surface area contributed by atoms with Crippen LogP contribution in [0.1, 0.15) is 4.88 Å². The van der Waals surface area contributed by atoms with E-state index in [4.69, 9.17) is 0 Å². The minimum Gasteiger partial charge on any atom is -0.370 e. The van der Waals surface area contributed by atoms with Crippen molar-refractivity contribution in [2.75, 3.05) is 25.0 Å². The predicted molar refractivity (Wildman–Crippen MR) is 82.8 cm³/mol. The zero-order valence-electron chi connectivity index (χ0n) is 10.6. The quantitative estimate of drug-likeness (QED) is 0.822. The van der Waals surface area contributed by atoms with Crippen molar-refractivity contribution in [3.8, 4) is 0 Å². The molecule has 2 aromatic heterocycles. The first-order valence-corrected chi connectivity index (χ1v) is 8.13. The first-order valence-electron chi connectivity index (χ1n) is 6.52. The van der Waals surface area contributed by atoms with Crippen LogP contribution in [0.3, 0.4) is 0 Å². The second-order valence-electron chi connectivity index (χ2n) is 4.81. The van der Waals surface area contributed by atoms with Gasteiger partial charge >= 0.3 is 0 Å². The fraction of sp³-hybridized carbons (Fsp3) is 0.462. The van der Waals surface area contributed by atoms with Crippen LogP contribution >= 0.6 is 27.3 Å². The number of nitrogens with zero attached hydrogens (tertiary/aromatic N) is 2. The lowest BCUT2D eigenvalue weighted by molar-refractivity contribution is 0.393. The van der Waals surface area contributed by atoms with Crippen molar-refractivity contribution < 1.29 is 0 Å². The molecule has 1 atom stereocenters. The Morgan fingerprint density at radius 1 is 1.47 bits per heavy atom. The minimum atomic E-state index is 0.613. The van der Waals surface area contributed by atoms with E-state index in [2.05, 4.69) is 43.8 Å². The van der Waals surface area contributed by atoms with Crippen LogP contribution in [0.4, 0.5) is 5.82 Å². The van der Waals surface area contributed by atoms with Crippen molar-refractivity contribution in [2.45, 2.75) is 13.0 Å². The van der Waals surface area contributed by atoms with Gasteiger partial charge in [0.05, 0.1) is 9.98 Å². The zero-order chi connectivity index (χ0) is 13.1. The summed E-state index contributed by atoms with van der Waals surface area (Å²) in [6.45, 7) is 4.12. The molecule has 0 bridgehead atoms. The summed E-state index contributed by atoms with van der Waals surface area (Å²) >= 11 is 5.31. The molecule has 1 aliphatic rings. The van der Waals surface area contributed by atoms with Crippen molar-refractivity contribution in [3.63, 3.8) is 0 Å². The summed E-state index contributed by atoms with van der Waals surface area (Å²) in [6.07, 6.45) is 2.95. The Kier molecular flexibility index (Phi) is 4.20.